The number of carbonyl (C=O) groups excluding carboxylic acids is 1. The molecule has 5 aromatic rings. The number of amidine groups is 1. The number of amides is 1. The number of benzene rings is 4. The summed E-state index contributed by atoms with van der Waals surface area (Å²) in [4.78, 5) is 33.6. The third kappa shape index (κ3) is 6.95. The summed E-state index contributed by atoms with van der Waals surface area (Å²) in [5.41, 5.74) is 6.32. The van der Waals surface area contributed by atoms with Crippen LogP contribution in [0.3, 0.4) is 0 Å². The number of aryl methyl sites for hydroxylation is 1. The number of carbonyl (C=O) groups is 1. The molecule has 1 saturated heterocycles. The summed E-state index contributed by atoms with van der Waals surface area (Å²) < 4.78 is 2.18. The van der Waals surface area contributed by atoms with Crippen LogP contribution in [0, 0.1) is 24.0 Å². The lowest BCUT2D eigenvalue weighted by Gasteiger charge is -2.15. The number of rotatable bonds is 9. The van der Waals surface area contributed by atoms with E-state index in [0.717, 1.165) is 43.6 Å². The molecule has 1 fully saturated rings. The van der Waals surface area contributed by atoms with Gasteiger partial charge in [0.15, 0.2) is 5.17 Å². The highest BCUT2D eigenvalue weighted by atomic mass is 32.2. The largest absolute Gasteiger partial charge is 0.318 e. The molecular formula is C36H30N4O3S2. The molecule has 0 spiro atoms. The maximum atomic E-state index is 13.8. The maximum absolute atomic E-state index is 13.8. The number of aliphatic imine (C=N–C) groups is 1. The Morgan fingerprint density at radius 2 is 1.44 bits per heavy atom. The van der Waals surface area contributed by atoms with Crippen molar-refractivity contribution in [2.75, 3.05) is 0 Å². The topological polar surface area (TPSA) is 80.7 Å². The van der Waals surface area contributed by atoms with Crippen molar-refractivity contribution in [2.24, 2.45) is 4.99 Å². The van der Waals surface area contributed by atoms with Gasteiger partial charge < -0.3 is 4.57 Å². The van der Waals surface area contributed by atoms with Crippen molar-refractivity contribution in [3.63, 3.8) is 0 Å². The number of hydrogen-bond donors (Lipinski definition) is 0. The third-order valence-electron chi connectivity index (χ3n) is 7.45. The first-order valence-corrected chi connectivity index (χ1v) is 16.0. The molecule has 1 amide bonds. The van der Waals surface area contributed by atoms with Gasteiger partial charge in [0.25, 0.3) is 11.6 Å². The van der Waals surface area contributed by atoms with Gasteiger partial charge in [-0.1, -0.05) is 72.4 Å². The minimum atomic E-state index is -0.393. The van der Waals surface area contributed by atoms with Crippen LogP contribution in [0.2, 0.25) is 0 Å². The van der Waals surface area contributed by atoms with Crippen molar-refractivity contribution < 1.29 is 9.72 Å². The molecule has 0 aliphatic carbocycles. The minimum Gasteiger partial charge on any atom is -0.318 e. The van der Waals surface area contributed by atoms with Crippen LogP contribution in [0.25, 0.3) is 11.8 Å². The van der Waals surface area contributed by atoms with E-state index in [9.17, 15) is 14.9 Å². The minimum absolute atomic E-state index is 0.0481. The standard InChI is InChI=1S/C36H30N4O3S2/c1-25-21-29(26(2)39(25)30-13-17-32(18-14-30)44-33-19-15-31(16-20-33)40(42)43)22-34-35(41)38(24-28-11-7-4-8-12-28)36(45-34)37-23-27-9-5-3-6-10-27/h3-22H,23-24H2,1-2H3/b34-22+,37-36?. The lowest BCUT2D eigenvalue weighted by molar-refractivity contribution is -0.384. The monoisotopic (exact) mass is 630 g/mol. The van der Waals surface area contributed by atoms with E-state index in [0.29, 0.717) is 23.2 Å². The highest BCUT2D eigenvalue weighted by Crippen LogP contribution is 2.36. The molecule has 224 valence electrons. The number of nitro benzene ring substituents is 1. The van der Waals surface area contributed by atoms with Gasteiger partial charge in [-0.05, 0) is 90.8 Å². The number of hydrogen-bond acceptors (Lipinski definition) is 6. The number of nitro groups is 1. The Hall–Kier alpha value is -4.86. The van der Waals surface area contributed by atoms with Crippen LogP contribution >= 0.6 is 23.5 Å². The molecule has 0 radical (unpaired) electrons. The van der Waals surface area contributed by atoms with Crippen LogP contribution in [0.5, 0.6) is 0 Å². The Kier molecular flexibility index (Phi) is 9.00. The lowest BCUT2D eigenvalue weighted by atomic mass is 10.2. The first kappa shape index (κ1) is 30.2. The molecule has 0 N–H and O–H groups in total. The zero-order chi connectivity index (χ0) is 31.3. The van der Waals surface area contributed by atoms with Crippen LogP contribution in [-0.2, 0) is 17.9 Å². The fraction of sp³-hybridized carbons (Fsp3) is 0.111. The molecule has 0 atom stereocenters. The Bertz CT molecular complexity index is 1900. The summed E-state index contributed by atoms with van der Waals surface area (Å²) in [6, 6.07) is 36.9. The van der Waals surface area contributed by atoms with Crippen molar-refractivity contribution in [1.29, 1.82) is 0 Å². The zero-order valence-electron chi connectivity index (χ0n) is 24.8. The maximum Gasteiger partial charge on any atom is 0.269 e. The van der Waals surface area contributed by atoms with Crippen molar-refractivity contribution in [1.82, 2.24) is 9.47 Å². The zero-order valence-corrected chi connectivity index (χ0v) is 26.4. The normalized spacial score (nSPS) is 14.9. The quantitative estimate of drug-likeness (QED) is 0.0924. The SMILES string of the molecule is Cc1cc(/C=C2/SC(=NCc3ccccc3)N(Cc3ccccc3)C2=O)c(C)n1-c1ccc(Sc2ccc([N+](=O)[O-])cc2)cc1. The average molecular weight is 631 g/mol. The van der Waals surface area contributed by atoms with Crippen molar-refractivity contribution >= 4 is 46.4 Å². The van der Waals surface area contributed by atoms with E-state index in [1.54, 1.807) is 28.8 Å². The van der Waals surface area contributed by atoms with Gasteiger partial charge in [0, 0.05) is 39.0 Å². The van der Waals surface area contributed by atoms with Crippen molar-refractivity contribution in [2.45, 2.75) is 36.7 Å². The summed E-state index contributed by atoms with van der Waals surface area (Å²) in [6.07, 6.45) is 1.98. The predicted molar refractivity (Wildman–Crippen MR) is 183 cm³/mol. The molecule has 45 heavy (non-hydrogen) atoms. The van der Waals surface area contributed by atoms with E-state index in [-0.39, 0.29) is 11.6 Å². The fourth-order valence-corrected chi connectivity index (χ4v) is 6.96. The van der Waals surface area contributed by atoms with Crippen molar-refractivity contribution in [3.8, 4) is 5.69 Å². The van der Waals surface area contributed by atoms with Crippen LogP contribution in [0.1, 0.15) is 28.1 Å². The fourth-order valence-electron chi connectivity index (χ4n) is 5.18. The molecule has 7 nitrogen and oxygen atoms in total. The number of thioether (sulfide) groups is 1. The van der Waals surface area contributed by atoms with E-state index in [4.69, 9.17) is 4.99 Å². The van der Waals surface area contributed by atoms with Gasteiger partial charge in [0.2, 0.25) is 0 Å². The molecule has 9 heteroatoms. The number of aromatic nitrogens is 1. The van der Waals surface area contributed by atoms with E-state index in [2.05, 4.69) is 36.6 Å². The second-order valence-electron chi connectivity index (χ2n) is 10.6. The Labute approximate surface area is 270 Å². The molecule has 4 aromatic carbocycles. The van der Waals surface area contributed by atoms with E-state index in [1.807, 2.05) is 78.9 Å². The number of nitrogens with zero attached hydrogens (tertiary/aromatic N) is 4. The second kappa shape index (κ2) is 13.4. The summed E-state index contributed by atoms with van der Waals surface area (Å²) in [5.74, 6) is -0.0481. The van der Waals surface area contributed by atoms with Crippen LogP contribution in [-0.4, -0.2) is 25.5 Å². The second-order valence-corrected chi connectivity index (χ2v) is 12.7. The van der Waals surface area contributed by atoms with Crippen LogP contribution < -0.4 is 0 Å². The van der Waals surface area contributed by atoms with E-state index >= 15 is 0 Å². The highest BCUT2D eigenvalue weighted by Gasteiger charge is 2.33. The molecule has 1 aliphatic heterocycles. The smallest absolute Gasteiger partial charge is 0.269 e. The van der Waals surface area contributed by atoms with Gasteiger partial charge in [-0.2, -0.15) is 0 Å². The third-order valence-corrected chi connectivity index (χ3v) is 9.51. The van der Waals surface area contributed by atoms with Gasteiger partial charge in [0.1, 0.15) is 0 Å². The number of non-ortho nitro benzene ring substituents is 1. The first-order valence-electron chi connectivity index (χ1n) is 14.4. The lowest BCUT2D eigenvalue weighted by Crippen LogP contribution is -2.28. The van der Waals surface area contributed by atoms with Crippen LogP contribution in [0.15, 0.2) is 135 Å². The molecule has 1 aliphatic rings. The molecule has 1 aromatic heterocycles. The molecule has 6 rings (SSSR count). The van der Waals surface area contributed by atoms with Crippen LogP contribution in [0.4, 0.5) is 5.69 Å². The summed E-state index contributed by atoms with van der Waals surface area (Å²) in [7, 11) is 0. The van der Waals surface area contributed by atoms with E-state index in [1.165, 1.54) is 23.9 Å². The summed E-state index contributed by atoms with van der Waals surface area (Å²) in [6.45, 7) is 5.09. The Morgan fingerprint density at radius 3 is 2.07 bits per heavy atom. The summed E-state index contributed by atoms with van der Waals surface area (Å²) >= 11 is 2.98. The van der Waals surface area contributed by atoms with Crippen molar-refractivity contribution in [3.05, 3.63) is 158 Å². The Balaban J connectivity index is 1.24. The Morgan fingerprint density at radius 1 is 0.844 bits per heavy atom. The van der Waals surface area contributed by atoms with Gasteiger partial charge in [-0.15, -0.1) is 0 Å². The van der Waals surface area contributed by atoms with Gasteiger partial charge in [-0.3, -0.25) is 24.8 Å². The highest BCUT2D eigenvalue weighted by molar-refractivity contribution is 8.18. The summed E-state index contributed by atoms with van der Waals surface area (Å²) in [5, 5.41) is 11.7. The average Bonchev–Trinajstić information content (AvgIpc) is 3.50. The molecular weight excluding hydrogens is 601 g/mol. The molecule has 0 saturated carbocycles. The molecule has 0 unspecified atom stereocenters. The van der Waals surface area contributed by atoms with Gasteiger partial charge in [0.05, 0.1) is 22.9 Å². The predicted octanol–water partition coefficient (Wildman–Crippen LogP) is 8.83. The van der Waals surface area contributed by atoms with Gasteiger partial charge in [-0.25, -0.2) is 0 Å². The van der Waals surface area contributed by atoms with Gasteiger partial charge >= 0.3 is 0 Å². The molecule has 2 heterocycles. The molecule has 0 bridgehead atoms. The van der Waals surface area contributed by atoms with E-state index < -0.39 is 4.92 Å². The first-order chi connectivity index (χ1) is 21.9.